The summed E-state index contributed by atoms with van der Waals surface area (Å²) in [4.78, 5) is 6.29. The minimum atomic E-state index is 0.433. The SMILES string of the molecule is c1ccc2c(c1)CN1CCc3c([nH]c4ccccc34)[C@H]21. The van der Waals surface area contributed by atoms with Crippen molar-refractivity contribution in [2.75, 3.05) is 6.54 Å². The number of aromatic amines is 1. The monoisotopic (exact) mass is 260 g/mol. The van der Waals surface area contributed by atoms with Crippen molar-refractivity contribution in [1.29, 1.82) is 0 Å². The molecule has 0 unspecified atom stereocenters. The Morgan fingerprint density at radius 3 is 2.85 bits per heavy atom. The van der Waals surface area contributed by atoms with Crippen LogP contribution in [0.4, 0.5) is 0 Å². The molecule has 1 N–H and O–H groups in total. The Morgan fingerprint density at radius 2 is 1.85 bits per heavy atom. The summed E-state index contributed by atoms with van der Waals surface area (Å²) in [6.45, 7) is 2.25. The molecule has 20 heavy (non-hydrogen) atoms. The van der Waals surface area contributed by atoms with Gasteiger partial charge >= 0.3 is 0 Å². The largest absolute Gasteiger partial charge is 0.357 e. The minimum absolute atomic E-state index is 0.433. The summed E-state index contributed by atoms with van der Waals surface area (Å²) in [7, 11) is 0. The Kier molecular flexibility index (Phi) is 2.00. The molecule has 2 aromatic carbocycles. The Balaban J connectivity index is 1.79. The molecule has 0 bridgehead atoms. The highest BCUT2D eigenvalue weighted by atomic mass is 15.2. The molecule has 2 aliphatic heterocycles. The zero-order valence-electron chi connectivity index (χ0n) is 11.3. The zero-order chi connectivity index (χ0) is 13.1. The second-order valence-electron chi connectivity index (χ2n) is 5.88. The molecule has 0 amide bonds. The smallest absolute Gasteiger partial charge is 0.0763 e. The maximum absolute atomic E-state index is 3.69. The van der Waals surface area contributed by atoms with Crippen LogP contribution in [0.2, 0.25) is 0 Å². The van der Waals surface area contributed by atoms with Crippen LogP contribution in [0.1, 0.15) is 28.4 Å². The summed E-state index contributed by atoms with van der Waals surface area (Å²) in [6.07, 6.45) is 1.16. The molecule has 0 aliphatic carbocycles. The number of H-pyrrole nitrogens is 1. The number of hydrogen-bond donors (Lipinski definition) is 1. The number of benzene rings is 2. The van der Waals surface area contributed by atoms with Gasteiger partial charge in [0.15, 0.2) is 0 Å². The molecule has 0 saturated heterocycles. The van der Waals surface area contributed by atoms with Gasteiger partial charge in [0.25, 0.3) is 0 Å². The summed E-state index contributed by atoms with van der Waals surface area (Å²) in [5.41, 5.74) is 7.20. The van der Waals surface area contributed by atoms with Gasteiger partial charge in [-0.1, -0.05) is 42.5 Å². The topological polar surface area (TPSA) is 19.0 Å². The lowest BCUT2D eigenvalue weighted by Crippen LogP contribution is -2.30. The van der Waals surface area contributed by atoms with E-state index in [1.165, 1.54) is 33.3 Å². The van der Waals surface area contributed by atoms with Gasteiger partial charge in [-0.25, -0.2) is 0 Å². The summed E-state index contributed by atoms with van der Waals surface area (Å²) in [5.74, 6) is 0. The van der Waals surface area contributed by atoms with Gasteiger partial charge < -0.3 is 4.98 Å². The van der Waals surface area contributed by atoms with Crippen molar-refractivity contribution in [3.8, 4) is 0 Å². The van der Waals surface area contributed by atoms with Gasteiger partial charge in [-0.3, -0.25) is 4.90 Å². The number of nitrogens with zero attached hydrogens (tertiary/aromatic N) is 1. The van der Waals surface area contributed by atoms with E-state index in [9.17, 15) is 0 Å². The van der Waals surface area contributed by atoms with Crippen molar-refractivity contribution >= 4 is 10.9 Å². The second kappa shape index (κ2) is 3.74. The molecule has 0 saturated carbocycles. The third-order valence-electron chi connectivity index (χ3n) is 4.86. The van der Waals surface area contributed by atoms with Crippen molar-refractivity contribution in [2.45, 2.75) is 19.0 Å². The molecular formula is C18H16N2. The van der Waals surface area contributed by atoms with Gasteiger partial charge in [0, 0.05) is 29.7 Å². The van der Waals surface area contributed by atoms with E-state index in [1.807, 2.05) is 0 Å². The van der Waals surface area contributed by atoms with Crippen LogP contribution in [0, 0.1) is 0 Å². The molecule has 0 radical (unpaired) electrons. The minimum Gasteiger partial charge on any atom is -0.357 e. The van der Waals surface area contributed by atoms with Crippen LogP contribution >= 0.6 is 0 Å². The molecule has 2 heteroatoms. The van der Waals surface area contributed by atoms with Gasteiger partial charge in [-0.2, -0.15) is 0 Å². The third kappa shape index (κ3) is 1.27. The van der Waals surface area contributed by atoms with E-state index < -0.39 is 0 Å². The van der Waals surface area contributed by atoms with Crippen molar-refractivity contribution in [3.63, 3.8) is 0 Å². The number of fused-ring (bicyclic) bond motifs is 7. The first-order valence-electron chi connectivity index (χ1n) is 7.33. The normalized spacial score (nSPS) is 20.7. The number of para-hydroxylation sites is 1. The van der Waals surface area contributed by atoms with Crippen molar-refractivity contribution in [2.24, 2.45) is 0 Å². The maximum atomic E-state index is 3.69. The molecule has 1 atom stereocenters. The Labute approximate surface area is 118 Å². The quantitative estimate of drug-likeness (QED) is 0.654. The van der Waals surface area contributed by atoms with Crippen LogP contribution < -0.4 is 0 Å². The average molecular weight is 260 g/mol. The predicted octanol–water partition coefficient (Wildman–Crippen LogP) is 3.63. The number of aromatic nitrogens is 1. The molecular weight excluding hydrogens is 244 g/mol. The summed E-state index contributed by atoms with van der Waals surface area (Å²) in [6, 6.07) is 18.0. The Bertz CT molecular complexity index is 815. The van der Waals surface area contributed by atoms with Crippen LogP contribution in [-0.2, 0) is 13.0 Å². The van der Waals surface area contributed by atoms with Crippen molar-refractivity contribution in [1.82, 2.24) is 9.88 Å². The van der Waals surface area contributed by atoms with E-state index in [-0.39, 0.29) is 0 Å². The van der Waals surface area contributed by atoms with Crippen molar-refractivity contribution < 1.29 is 0 Å². The fraction of sp³-hybridized carbons (Fsp3) is 0.222. The van der Waals surface area contributed by atoms with Gasteiger partial charge in [0.05, 0.1) is 6.04 Å². The Morgan fingerprint density at radius 1 is 1.00 bits per heavy atom. The first-order chi connectivity index (χ1) is 9.92. The summed E-state index contributed by atoms with van der Waals surface area (Å²) in [5, 5.41) is 1.41. The molecule has 1 aromatic heterocycles. The van der Waals surface area contributed by atoms with Gasteiger partial charge in [-0.05, 0) is 29.2 Å². The number of nitrogens with one attached hydrogen (secondary N) is 1. The molecule has 3 aromatic rings. The predicted molar refractivity (Wildman–Crippen MR) is 80.7 cm³/mol. The van der Waals surface area contributed by atoms with E-state index in [1.54, 1.807) is 0 Å². The lowest BCUT2D eigenvalue weighted by Gasteiger charge is -2.30. The van der Waals surface area contributed by atoms with Gasteiger partial charge in [0.2, 0.25) is 0 Å². The van der Waals surface area contributed by atoms with Crippen LogP contribution in [0.5, 0.6) is 0 Å². The molecule has 2 aliphatic rings. The molecule has 3 heterocycles. The zero-order valence-corrected chi connectivity index (χ0v) is 11.3. The molecule has 0 fully saturated rings. The fourth-order valence-corrected chi connectivity index (χ4v) is 3.98. The number of hydrogen-bond acceptors (Lipinski definition) is 1. The van der Waals surface area contributed by atoms with Crippen LogP contribution in [0.15, 0.2) is 48.5 Å². The van der Waals surface area contributed by atoms with E-state index in [0.29, 0.717) is 6.04 Å². The maximum Gasteiger partial charge on any atom is 0.0763 e. The van der Waals surface area contributed by atoms with Gasteiger partial charge in [-0.15, -0.1) is 0 Å². The highest BCUT2D eigenvalue weighted by Crippen LogP contribution is 2.43. The van der Waals surface area contributed by atoms with Crippen molar-refractivity contribution in [3.05, 3.63) is 70.9 Å². The third-order valence-corrected chi connectivity index (χ3v) is 4.86. The molecule has 0 spiro atoms. The first kappa shape index (κ1) is 10.7. The lowest BCUT2D eigenvalue weighted by atomic mass is 9.94. The van der Waals surface area contributed by atoms with Crippen LogP contribution in [0.25, 0.3) is 10.9 Å². The van der Waals surface area contributed by atoms with Crippen LogP contribution in [-0.4, -0.2) is 16.4 Å². The van der Waals surface area contributed by atoms with E-state index in [2.05, 4.69) is 58.4 Å². The molecule has 5 rings (SSSR count). The summed E-state index contributed by atoms with van der Waals surface area (Å²) >= 11 is 0. The van der Waals surface area contributed by atoms with E-state index >= 15 is 0 Å². The number of rotatable bonds is 0. The summed E-state index contributed by atoms with van der Waals surface area (Å²) < 4.78 is 0. The lowest BCUT2D eigenvalue weighted by molar-refractivity contribution is 0.229. The van der Waals surface area contributed by atoms with E-state index in [0.717, 1.165) is 19.5 Å². The highest BCUT2D eigenvalue weighted by molar-refractivity contribution is 5.85. The second-order valence-corrected chi connectivity index (χ2v) is 5.88. The fourth-order valence-electron chi connectivity index (χ4n) is 3.98. The standard InChI is InChI=1S/C18H16N2/c1-2-6-13-12(5-1)11-20-10-9-15-14-7-3-4-8-16(14)19-17(15)18(13)20/h1-8,18-19H,9-11H2/t18-/m0/s1. The first-order valence-corrected chi connectivity index (χ1v) is 7.33. The van der Waals surface area contributed by atoms with Crippen LogP contribution in [0.3, 0.4) is 0 Å². The Hall–Kier alpha value is -2.06. The van der Waals surface area contributed by atoms with E-state index in [4.69, 9.17) is 0 Å². The molecule has 98 valence electrons. The molecule has 2 nitrogen and oxygen atoms in total. The average Bonchev–Trinajstić information content (AvgIpc) is 3.04. The highest BCUT2D eigenvalue weighted by Gasteiger charge is 2.36. The van der Waals surface area contributed by atoms with Gasteiger partial charge in [0.1, 0.15) is 0 Å².